The van der Waals surface area contributed by atoms with E-state index in [1.807, 2.05) is 19.1 Å². The van der Waals surface area contributed by atoms with E-state index in [1.165, 1.54) is 11.0 Å². The van der Waals surface area contributed by atoms with Crippen molar-refractivity contribution in [2.75, 3.05) is 35.5 Å². The average Bonchev–Trinajstić information content (AvgIpc) is 2.98. The van der Waals surface area contributed by atoms with E-state index in [-0.39, 0.29) is 23.7 Å². The number of piperidine rings is 1. The van der Waals surface area contributed by atoms with E-state index < -0.39 is 21.7 Å². The van der Waals surface area contributed by atoms with E-state index >= 15 is 0 Å². The molecule has 0 saturated carbocycles. The van der Waals surface area contributed by atoms with Crippen LogP contribution in [-0.2, 0) is 23.1 Å². The monoisotopic (exact) mass is 627 g/mol. The van der Waals surface area contributed by atoms with E-state index in [0.29, 0.717) is 37.3 Å². The van der Waals surface area contributed by atoms with Gasteiger partial charge in [0.05, 0.1) is 11.9 Å². The first-order chi connectivity index (χ1) is 21.0. The smallest absolute Gasteiger partial charge is 0.322 e. The van der Waals surface area contributed by atoms with Crippen LogP contribution in [0.3, 0.4) is 0 Å². The van der Waals surface area contributed by atoms with Crippen molar-refractivity contribution < 1.29 is 26.8 Å². The van der Waals surface area contributed by atoms with Gasteiger partial charge < -0.3 is 10.6 Å². The molecular weight excluding hydrogens is 588 g/mol. The number of halogens is 2. The Balaban J connectivity index is 1.23. The molecule has 1 saturated heterocycles. The lowest BCUT2D eigenvalue weighted by Gasteiger charge is -2.34. The number of carbonyl (C=O) groups excluding carboxylic acids is 2. The van der Waals surface area contributed by atoms with Gasteiger partial charge in [-0.3, -0.25) is 19.3 Å². The minimum Gasteiger partial charge on any atom is -0.348 e. The lowest BCUT2D eigenvalue weighted by molar-refractivity contribution is 0.0950. The minimum atomic E-state index is -3.35. The quantitative estimate of drug-likeness (QED) is 0.254. The first kappa shape index (κ1) is 32.9. The highest BCUT2D eigenvalue weighted by atomic mass is 32.2. The summed E-state index contributed by atoms with van der Waals surface area (Å²) in [7, 11) is -3.35. The maximum Gasteiger partial charge on any atom is 0.322 e. The number of unbranched alkanes of at least 4 members (excludes halogenated alkanes) is 1. The molecule has 3 amide bonds. The molecule has 0 aromatic heterocycles. The van der Waals surface area contributed by atoms with E-state index in [0.717, 1.165) is 61.9 Å². The number of nitrogens with one attached hydrogen (secondary N) is 3. The number of sulfonamides is 1. The third-order valence-corrected chi connectivity index (χ3v) is 8.04. The van der Waals surface area contributed by atoms with Gasteiger partial charge in [-0.05, 0) is 66.8 Å². The number of rotatable bonds is 12. The molecule has 0 atom stereocenters. The zero-order valence-corrected chi connectivity index (χ0v) is 25.8. The van der Waals surface area contributed by atoms with Gasteiger partial charge in [-0.25, -0.2) is 22.0 Å². The van der Waals surface area contributed by atoms with Gasteiger partial charge in [0.1, 0.15) is 11.6 Å². The second-order valence-corrected chi connectivity index (χ2v) is 12.8. The minimum absolute atomic E-state index is 0.0513. The van der Waals surface area contributed by atoms with Crippen molar-refractivity contribution >= 4 is 33.3 Å². The molecule has 0 unspecified atom stereocenters. The molecule has 12 heteroatoms. The van der Waals surface area contributed by atoms with Crippen molar-refractivity contribution in [1.29, 1.82) is 0 Å². The number of urea groups is 1. The van der Waals surface area contributed by atoms with Gasteiger partial charge in [-0.2, -0.15) is 0 Å². The van der Waals surface area contributed by atoms with Gasteiger partial charge in [-0.15, -0.1) is 0 Å². The summed E-state index contributed by atoms with van der Waals surface area (Å²) in [5.41, 5.74) is 2.97. The predicted molar refractivity (Wildman–Crippen MR) is 168 cm³/mol. The highest BCUT2D eigenvalue weighted by Crippen LogP contribution is 2.22. The number of carbonyl (C=O) groups is 2. The van der Waals surface area contributed by atoms with Crippen molar-refractivity contribution in [3.8, 4) is 0 Å². The van der Waals surface area contributed by atoms with E-state index in [1.54, 1.807) is 36.4 Å². The van der Waals surface area contributed by atoms with E-state index in [2.05, 4.69) is 20.3 Å². The summed E-state index contributed by atoms with van der Waals surface area (Å²) in [6, 6.07) is 17.0. The summed E-state index contributed by atoms with van der Waals surface area (Å²) < 4.78 is 53.0. The summed E-state index contributed by atoms with van der Waals surface area (Å²) in [6.07, 6.45) is 4.10. The lowest BCUT2D eigenvalue weighted by atomic mass is 10.0. The maximum atomic E-state index is 14.4. The molecule has 44 heavy (non-hydrogen) atoms. The Morgan fingerprint density at radius 3 is 2.23 bits per heavy atom. The number of nitrogens with zero attached hydrogens (tertiary/aromatic N) is 2. The summed E-state index contributed by atoms with van der Waals surface area (Å²) in [6.45, 7) is 4.88. The van der Waals surface area contributed by atoms with Crippen LogP contribution in [0.1, 0.15) is 54.1 Å². The molecule has 1 fully saturated rings. The summed E-state index contributed by atoms with van der Waals surface area (Å²) in [4.78, 5) is 29.4. The normalized spacial score (nSPS) is 14.2. The Bertz CT molecular complexity index is 1530. The largest absolute Gasteiger partial charge is 0.348 e. The molecule has 1 aliphatic rings. The first-order valence-electron chi connectivity index (χ1n) is 14.7. The molecule has 3 aromatic carbocycles. The van der Waals surface area contributed by atoms with Crippen molar-refractivity contribution in [3.05, 3.63) is 95.1 Å². The second-order valence-electron chi connectivity index (χ2n) is 11.1. The van der Waals surface area contributed by atoms with Crippen molar-refractivity contribution in [1.82, 2.24) is 15.5 Å². The van der Waals surface area contributed by atoms with Crippen LogP contribution in [0.25, 0.3) is 0 Å². The molecule has 1 aliphatic heterocycles. The standard InChI is InChI=1S/C32H39F2N5O4S/c1-3-4-17-39(30-14-11-26(33)20-29(30)34)32(41)36-27-15-18-38(19-16-27)22-24-5-9-25(10-6-24)31(40)35-21-23-7-12-28(13-8-23)37-44(2,42)43/h5-14,20,27,37H,3-4,15-19,21-22H2,1-2H3,(H,35,40)(H,36,41). The molecule has 0 spiro atoms. The Kier molecular flexibility index (Phi) is 11.3. The van der Waals surface area contributed by atoms with Crippen molar-refractivity contribution in [2.24, 2.45) is 0 Å². The van der Waals surface area contributed by atoms with E-state index in [9.17, 15) is 26.8 Å². The average molecular weight is 628 g/mol. The van der Waals surface area contributed by atoms with Crippen LogP contribution in [0.2, 0.25) is 0 Å². The van der Waals surface area contributed by atoms with Gasteiger partial charge in [0.25, 0.3) is 5.91 Å². The fraction of sp³-hybridized carbons (Fsp3) is 0.375. The van der Waals surface area contributed by atoms with Crippen LogP contribution >= 0.6 is 0 Å². The zero-order chi connectivity index (χ0) is 31.7. The molecule has 3 aromatic rings. The Labute approximate surface area is 257 Å². The number of anilines is 2. The molecule has 1 heterocycles. The molecule has 0 bridgehead atoms. The summed E-state index contributed by atoms with van der Waals surface area (Å²) >= 11 is 0. The van der Waals surface area contributed by atoms with Gasteiger partial charge in [0.2, 0.25) is 10.0 Å². The number of hydrogen-bond donors (Lipinski definition) is 3. The molecule has 0 radical (unpaired) electrons. The lowest BCUT2D eigenvalue weighted by Crippen LogP contribution is -2.49. The van der Waals surface area contributed by atoms with Gasteiger partial charge in [0.15, 0.2) is 0 Å². The number of benzene rings is 3. The van der Waals surface area contributed by atoms with Gasteiger partial charge in [-0.1, -0.05) is 37.6 Å². The highest BCUT2D eigenvalue weighted by molar-refractivity contribution is 7.92. The van der Waals surface area contributed by atoms with Crippen LogP contribution in [0.5, 0.6) is 0 Å². The van der Waals surface area contributed by atoms with Crippen LogP contribution in [0.4, 0.5) is 25.0 Å². The fourth-order valence-electron chi connectivity index (χ4n) is 5.04. The molecule has 3 N–H and O–H groups in total. The van der Waals surface area contributed by atoms with Gasteiger partial charge >= 0.3 is 6.03 Å². The van der Waals surface area contributed by atoms with Crippen molar-refractivity contribution in [3.63, 3.8) is 0 Å². The molecule has 9 nitrogen and oxygen atoms in total. The third-order valence-electron chi connectivity index (χ3n) is 7.43. The number of hydrogen-bond acceptors (Lipinski definition) is 5. The van der Waals surface area contributed by atoms with Crippen LogP contribution in [0.15, 0.2) is 66.7 Å². The van der Waals surface area contributed by atoms with Crippen LogP contribution < -0.4 is 20.3 Å². The second kappa shape index (κ2) is 15.1. The van der Waals surface area contributed by atoms with E-state index in [4.69, 9.17) is 0 Å². The van der Waals surface area contributed by atoms with Crippen molar-refractivity contribution in [2.45, 2.75) is 51.7 Å². The fourth-order valence-corrected chi connectivity index (χ4v) is 5.61. The number of likely N-dealkylation sites (tertiary alicyclic amines) is 1. The predicted octanol–water partition coefficient (Wildman–Crippen LogP) is 5.25. The van der Waals surface area contributed by atoms with Crippen LogP contribution in [0, 0.1) is 11.6 Å². The highest BCUT2D eigenvalue weighted by Gasteiger charge is 2.25. The Morgan fingerprint density at radius 1 is 0.955 bits per heavy atom. The first-order valence-corrected chi connectivity index (χ1v) is 16.6. The van der Waals surface area contributed by atoms with Crippen LogP contribution in [-0.4, -0.2) is 57.2 Å². The topological polar surface area (TPSA) is 111 Å². The summed E-state index contributed by atoms with van der Waals surface area (Å²) in [5, 5.41) is 5.91. The third kappa shape index (κ3) is 9.75. The Hall–Kier alpha value is -4.03. The van der Waals surface area contributed by atoms with Gasteiger partial charge in [0, 0.05) is 56.1 Å². The molecule has 236 valence electrons. The Morgan fingerprint density at radius 2 is 1.61 bits per heavy atom. The maximum absolute atomic E-state index is 14.4. The SMILES string of the molecule is CCCCN(C(=O)NC1CCN(Cc2ccc(C(=O)NCc3ccc(NS(C)(=O)=O)cc3)cc2)CC1)c1ccc(F)cc1F. The molecule has 0 aliphatic carbocycles. The molecule has 4 rings (SSSR count). The molecular formula is C32H39F2N5O4S. The summed E-state index contributed by atoms with van der Waals surface area (Å²) in [5.74, 6) is -1.65. The zero-order valence-electron chi connectivity index (χ0n) is 25.0. The number of amides is 3.